The van der Waals surface area contributed by atoms with E-state index < -0.39 is 0 Å². The molecule has 0 aliphatic carbocycles. The van der Waals surface area contributed by atoms with Crippen LogP contribution in [0.3, 0.4) is 0 Å². The van der Waals surface area contributed by atoms with Gasteiger partial charge in [-0.15, -0.1) is 0 Å². The summed E-state index contributed by atoms with van der Waals surface area (Å²) in [6.07, 6.45) is 4.07. The van der Waals surface area contributed by atoms with Crippen LogP contribution in [0, 0.1) is 11.5 Å². The van der Waals surface area contributed by atoms with E-state index in [0.717, 1.165) is 24.9 Å². The highest BCUT2D eigenvalue weighted by atomic mass is 15.2. The molecule has 0 aliphatic rings. The van der Waals surface area contributed by atoms with E-state index in [0.29, 0.717) is 12.5 Å². The molecule has 0 atom stereocenters. The van der Waals surface area contributed by atoms with Gasteiger partial charge >= 0.3 is 0 Å². The fourth-order valence-electron chi connectivity index (χ4n) is 1.33. The quantitative estimate of drug-likeness (QED) is 0.267. The van der Waals surface area contributed by atoms with Crippen molar-refractivity contribution in [3.05, 3.63) is 35.9 Å². The Kier molecular flexibility index (Phi) is 6.27. The van der Waals surface area contributed by atoms with Crippen LogP contribution in [0.2, 0.25) is 0 Å². The number of nitrogens with one attached hydrogen (secondary N) is 2. The molecule has 0 aliphatic heterocycles. The van der Waals surface area contributed by atoms with Crippen molar-refractivity contribution in [1.29, 1.82) is 5.26 Å². The zero-order valence-corrected chi connectivity index (χ0v) is 10.1. The van der Waals surface area contributed by atoms with Crippen LogP contribution >= 0.6 is 0 Å². The van der Waals surface area contributed by atoms with E-state index in [4.69, 9.17) is 5.26 Å². The smallest absolute Gasteiger partial charge is 0.205 e. The minimum atomic E-state index is 0.546. The number of nitriles is 1. The van der Waals surface area contributed by atoms with Crippen LogP contribution in [0.1, 0.15) is 25.3 Å². The molecule has 0 fully saturated rings. The first-order valence-corrected chi connectivity index (χ1v) is 5.84. The number of rotatable bonds is 5. The third-order valence-corrected chi connectivity index (χ3v) is 2.26. The molecule has 0 bridgehead atoms. The van der Waals surface area contributed by atoms with Gasteiger partial charge in [0.05, 0.1) is 6.54 Å². The molecule has 0 heterocycles. The molecule has 0 unspecified atom stereocenters. The monoisotopic (exact) mass is 230 g/mol. The van der Waals surface area contributed by atoms with Crippen molar-refractivity contribution in [2.24, 2.45) is 4.99 Å². The minimum absolute atomic E-state index is 0.546. The van der Waals surface area contributed by atoms with Gasteiger partial charge in [0.2, 0.25) is 5.96 Å². The van der Waals surface area contributed by atoms with Gasteiger partial charge in [0.15, 0.2) is 6.19 Å². The molecule has 1 aromatic carbocycles. The van der Waals surface area contributed by atoms with Gasteiger partial charge in [0.1, 0.15) is 0 Å². The van der Waals surface area contributed by atoms with E-state index in [9.17, 15) is 0 Å². The molecule has 1 rings (SSSR count). The third kappa shape index (κ3) is 5.57. The van der Waals surface area contributed by atoms with Gasteiger partial charge < -0.3 is 5.32 Å². The normalized spacial score (nSPS) is 10.7. The van der Waals surface area contributed by atoms with Crippen molar-refractivity contribution in [2.75, 3.05) is 6.54 Å². The molecular weight excluding hydrogens is 212 g/mol. The lowest BCUT2D eigenvalue weighted by Gasteiger charge is -2.07. The highest BCUT2D eigenvalue weighted by Crippen LogP contribution is 1.99. The first-order valence-electron chi connectivity index (χ1n) is 5.84. The maximum absolute atomic E-state index is 8.61. The second kappa shape index (κ2) is 8.17. The summed E-state index contributed by atoms with van der Waals surface area (Å²) in [5, 5.41) is 14.3. The average molecular weight is 230 g/mol. The van der Waals surface area contributed by atoms with Crippen LogP contribution in [-0.4, -0.2) is 12.5 Å². The van der Waals surface area contributed by atoms with Gasteiger partial charge in [-0.3, -0.25) is 5.32 Å². The molecule has 0 aromatic heterocycles. The van der Waals surface area contributed by atoms with Crippen LogP contribution in [0.5, 0.6) is 0 Å². The van der Waals surface area contributed by atoms with Gasteiger partial charge in [-0.25, -0.2) is 4.99 Å². The van der Waals surface area contributed by atoms with Crippen LogP contribution in [-0.2, 0) is 6.54 Å². The fraction of sp³-hybridized carbons (Fsp3) is 0.385. The first-order chi connectivity index (χ1) is 8.36. The molecule has 0 radical (unpaired) electrons. The zero-order chi connectivity index (χ0) is 12.3. The van der Waals surface area contributed by atoms with Crippen molar-refractivity contribution < 1.29 is 0 Å². The molecule has 1 aromatic rings. The van der Waals surface area contributed by atoms with Gasteiger partial charge in [-0.2, -0.15) is 5.26 Å². The molecule has 0 saturated carbocycles. The molecule has 4 nitrogen and oxygen atoms in total. The van der Waals surface area contributed by atoms with Crippen LogP contribution in [0.25, 0.3) is 0 Å². The number of guanidine groups is 1. The Morgan fingerprint density at radius 3 is 2.76 bits per heavy atom. The Bertz CT molecular complexity index is 378. The maximum atomic E-state index is 8.61. The van der Waals surface area contributed by atoms with E-state index in [-0.39, 0.29) is 0 Å². The molecule has 2 N–H and O–H groups in total. The summed E-state index contributed by atoms with van der Waals surface area (Å²) in [7, 11) is 0. The number of nitrogens with zero attached hydrogens (tertiary/aromatic N) is 2. The van der Waals surface area contributed by atoms with E-state index in [1.165, 1.54) is 0 Å². The van der Waals surface area contributed by atoms with Crippen molar-refractivity contribution in [2.45, 2.75) is 26.3 Å². The topological polar surface area (TPSA) is 60.2 Å². The maximum Gasteiger partial charge on any atom is 0.205 e. The second-order valence-corrected chi connectivity index (χ2v) is 3.67. The lowest BCUT2D eigenvalue weighted by molar-refractivity contribution is 0.742. The molecule has 0 spiro atoms. The predicted molar refractivity (Wildman–Crippen MR) is 69.2 cm³/mol. The summed E-state index contributed by atoms with van der Waals surface area (Å²) < 4.78 is 0. The van der Waals surface area contributed by atoms with Crippen molar-refractivity contribution in [1.82, 2.24) is 10.6 Å². The lowest BCUT2D eigenvalue weighted by Crippen LogP contribution is -2.35. The van der Waals surface area contributed by atoms with Crippen molar-refractivity contribution in [3.63, 3.8) is 0 Å². The molecule has 4 heteroatoms. The van der Waals surface area contributed by atoms with E-state index in [1.807, 2.05) is 36.5 Å². The Hall–Kier alpha value is -2.02. The number of benzene rings is 1. The van der Waals surface area contributed by atoms with Crippen molar-refractivity contribution in [3.8, 4) is 6.19 Å². The standard InChI is InChI=1S/C13H18N4/c1-2-3-9-15-13(17-11-14)16-10-12-7-5-4-6-8-12/h4-8H,2-3,9-10H2,1H3,(H2,15,16,17). The summed E-state index contributed by atoms with van der Waals surface area (Å²) in [6.45, 7) is 3.53. The molecule has 0 amide bonds. The van der Waals surface area contributed by atoms with Crippen LogP contribution in [0.4, 0.5) is 0 Å². The summed E-state index contributed by atoms with van der Waals surface area (Å²) >= 11 is 0. The number of hydrogen-bond acceptors (Lipinski definition) is 2. The summed E-state index contributed by atoms with van der Waals surface area (Å²) in [6, 6.07) is 9.96. The Labute approximate surface area is 102 Å². The lowest BCUT2D eigenvalue weighted by atomic mass is 10.2. The Balaban J connectivity index is 2.49. The number of unbranched alkanes of at least 4 members (excludes halogenated alkanes) is 1. The Morgan fingerprint density at radius 1 is 1.35 bits per heavy atom. The largest absolute Gasteiger partial charge is 0.356 e. The SMILES string of the molecule is CCCCNC(=NCc1ccccc1)NC#N. The zero-order valence-electron chi connectivity index (χ0n) is 10.1. The van der Waals surface area contributed by atoms with Gasteiger partial charge in [0.25, 0.3) is 0 Å². The minimum Gasteiger partial charge on any atom is -0.356 e. The second-order valence-electron chi connectivity index (χ2n) is 3.67. The number of hydrogen-bond donors (Lipinski definition) is 2. The van der Waals surface area contributed by atoms with Crippen molar-refractivity contribution >= 4 is 5.96 Å². The van der Waals surface area contributed by atoms with Gasteiger partial charge in [-0.1, -0.05) is 43.7 Å². The number of aliphatic imine (C=N–C) groups is 1. The summed E-state index contributed by atoms with van der Waals surface area (Å²) in [4.78, 5) is 4.33. The van der Waals surface area contributed by atoms with Crippen LogP contribution in [0.15, 0.2) is 35.3 Å². The molecule has 17 heavy (non-hydrogen) atoms. The molecular formula is C13H18N4. The summed E-state index contributed by atoms with van der Waals surface area (Å²) in [5.41, 5.74) is 1.13. The highest BCUT2D eigenvalue weighted by molar-refractivity contribution is 5.81. The molecule has 0 saturated heterocycles. The Morgan fingerprint density at radius 2 is 2.12 bits per heavy atom. The average Bonchev–Trinajstić information content (AvgIpc) is 2.37. The van der Waals surface area contributed by atoms with Gasteiger partial charge in [-0.05, 0) is 12.0 Å². The predicted octanol–water partition coefficient (Wildman–Crippen LogP) is 2.00. The van der Waals surface area contributed by atoms with Gasteiger partial charge in [0, 0.05) is 6.54 Å². The highest BCUT2D eigenvalue weighted by Gasteiger charge is 1.96. The van der Waals surface area contributed by atoms with E-state index in [2.05, 4.69) is 22.5 Å². The van der Waals surface area contributed by atoms with Crippen LogP contribution < -0.4 is 10.6 Å². The summed E-state index contributed by atoms with van der Waals surface area (Å²) in [5.74, 6) is 0.546. The van der Waals surface area contributed by atoms with E-state index >= 15 is 0 Å². The fourth-order valence-corrected chi connectivity index (χ4v) is 1.33. The molecule has 90 valence electrons. The van der Waals surface area contributed by atoms with E-state index in [1.54, 1.807) is 0 Å². The third-order valence-electron chi connectivity index (χ3n) is 2.26. The first kappa shape index (κ1) is 13.0.